The number of benzene rings is 2. The van der Waals surface area contributed by atoms with E-state index in [-0.39, 0.29) is 22.7 Å². The van der Waals surface area contributed by atoms with Gasteiger partial charge in [-0.2, -0.15) is 4.98 Å². The third kappa shape index (κ3) is 5.02. The summed E-state index contributed by atoms with van der Waals surface area (Å²) >= 11 is 0. The fraction of sp³-hybridized carbons (Fsp3) is 0.190. The van der Waals surface area contributed by atoms with E-state index in [9.17, 15) is 17.6 Å². The minimum Gasteiger partial charge on any atom is -0.341 e. The van der Waals surface area contributed by atoms with Crippen molar-refractivity contribution in [2.24, 2.45) is 5.14 Å². The number of sulfonamides is 1. The predicted molar refractivity (Wildman–Crippen MR) is 123 cm³/mol. The highest BCUT2D eigenvalue weighted by atomic mass is 32.2. The van der Waals surface area contributed by atoms with Crippen molar-refractivity contribution >= 4 is 44.9 Å². The zero-order valence-corrected chi connectivity index (χ0v) is 18.5. The van der Waals surface area contributed by atoms with Crippen LogP contribution in [0.2, 0.25) is 0 Å². The van der Waals surface area contributed by atoms with Crippen molar-refractivity contribution < 1.29 is 17.6 Å². The molecule has 0 unspecified atom stereocenters. The quantitative estimate of drug-likeness (QED) is 0.448. The number of nitrogens with two attached hydrogens (primary N) is 1. The Labute approximate surface area is 190 Å². The fourth-order valence-electron chi connectivity index (χ4n) is 3.55. The first-order valence-corrected chi connectivity index (χ1v) is 11.6. The van der Waals surface area contributed by atoms with Gasteiger partial charge in [-0.1, -0.05) is 6.07 Å². The lowest BCUT2D eigenvalue weighted by molar-refractivity contribution is 0.247. The summed E-state index contributed by atoms with van der Waals surface area (Å²) < 4.78 is 37.5. The molecule has 1 aromatic heterocycles. The van der Waals surface area contributed by atoms with Crippen molar-refractivity contribution in [3.05, 3.63) is 60.0 Å². The largest absolute Gasteiger partial charge is 0.341 e. The van der Waals surface area contributed by atoms with E-state index in [1.165, 1.54) is 18.2 Å². The highest BCUT2D eigenvalue weighted by Crippen LogP contribution is 2.31. The van der Waals surface area contributed by atoms with Crippen LogP contribution >= 0.6 is 0 Å². The number of amides is 2. The van der Waals surface area contributed by atoms with Gasteiger partial charge < -0.3 is 16.0 Å². The number of aryl methyl sites for hydroxylation is 1. The zero-order valence-electron chi connectivity index (χ0n) is 17.7. The van der Waals surface area contributed by atoms with Crippen LogP contribution in [0.1, 0.15) is 12.0 Å². The van der Waals surface area contributed by atoms with E-state index in [1.54, 1.807) is 24.1 Å². The lowest BCUT2D eigenvalue weighted by Crippen LogP contribution is -2.41. The van der Waals surface area contributed by atoms with Gasteiger partial charge in [0.1, 0.15) is 0 Å². The van der Waals surface area contributed by atoms with E-state index in [0.29, 0.717) is 17.9 Å². The molecule has 0 bridgehead atoms. The Bertz CT molecular complexity index is 1320. The number of nitrogens with zero attached hydrogens (tertiary/aromatic N) is 3. The average Bonchev–Trinajstić information content (AvgIpc) is 2.80. The van der Waals surface area contributed by atoms with Crippen LogP contribution in [0.15, 0.2) is 53.6 Å². The number of anilines is 5. The first-order chi connectivity index (χ1) is 15.7. The summed E-state index contributed by atoms with van der Waals surface area (Å²) in [7, 11) is -2.29. The molecule has 2 amide bonds. The molecule has 4 rings (SSSR count). The van der Waals surface area contributed by atoms with Gasteiger partial charge in [0.25, 0.3) is 0 Å². The Morgan fingerprint density at radius 2 is 1.94 bits per heavy atom. The molecule has 5 N–H and O–H groups in total. The second kappa shape index (κ2) is 9.00. The first kappa shape index (κ1) is 22.4. The van der Waals surface area contributed by atoms with Crippen LogP contribution < -0.4 is 26.0 Å². The Morgan fingerprint density at radius 1 is 1.15 bits per heavy atom. The molecule has 0 aliphatic carbocycles. The predicted octanol–water partition coefficient (Wildman–Crippen LogP) is 2.84. The molecule has 0 fully saturated rings. The summed E-state index contributed by atoms with van der Waals surface area (Å²) in [6.07, 6.45) is 2.61. The molecule has 2 aromatic carbocycles. The zero-order chi connectivity index (χ0) is 23.6. The van der Waals surface area contributed by atoms with Crippen LogP contribution in [0.25, 0.3) is 0 Å². The third-order valence-electron chi connectivity index (χ3n) is 5.08. The van der Waals surface area contributed by atoms with Gasteiger partial charge in [0, 0.05) is 30.7 Å². The summed E-state index contributed by atoms with van der Waals surface area (Å²) in [4.78, 5) is 21.8. The molecule has 172 valence electrons. The minimum atomic E-state index is -3.87. The summed E-state index contributed by atoms with van der Waals surface area (Å²) in [6, 6.07) is 11.0. The molecule has 1 aliphatic heterocycles. The van der Waals surface area contributed by atoms with Crippen molar-refractivity contribution in [2.75, 3.05) is 29.1 Å². The number of urea groups is 1. The van der Waals surface area contributed by atoms with Crippen LogP contribution in [0.3, 0.4) is 0 Å². The fourth-order valence-corrected chi connectivity index (χ4v) is 4.11. The molecule has 0 saturated carbocycles. The Balaban J connectivity index is 1.56. The molecular weight excluding hydrogens is 449 g/mol. The number of fused-ring (bicyclic) bond motifs is 1. The number of aromatic nitrogens is 2. The smallest absolute Gasteiger partial charge is 0.321 e. The minimum absolute atomic E-state index is 0.0611. The van der Waals surface area contributed by atoms with Crippen molar-refractivity contribution in [3.63, 3.8) is 0 Å². The molecule has 0 atom stereocenters. The van der Waals surface area contributed by atoms with Gasteiger partial charge in [-0.3, -0.25) is 4.90 Å². The molecule has 0 saturated heterocycles. The van der Waals surface area contributed by atoms with E-state index >= 15 is 0 Å². The van der Waals surface area contributed by atoms with E-state index < -0.39 is 15.8 Å². The normalized spacial score (nSPS) is 13.2. The van der Waals surface area contributed by atoms with Crippen LogP contribution in [0.4, 0.5) is 38.0 Å². The standard InChI is InChI=1S/C21H22FN7O3S/c1-24-21(30)29-9-3-4-13-10-15(7-8-18(13)29)26-19-17(22)12-25-20(28-19)27-14-5-2-6-16(11-14)33(23,31)32/h2,5-8,10-12H,3-4,9H2,1H3,(H,24,30)(H2,23,31,32)(H2,25,26,27,28). The number of primary sulfonamides is 1. The SMILES string of the molecule is CNC(=O)N1CCCc2cc(Nc3nc(Nc4cccc(S(N)(=O)=O)c4)ncc3F)ccc21. The molecule has 0 spiro atoms. The average molecular weight is 472 g/mol. The summed E-state index contributed by atoms with van der Waals surface area (Å²) in [5.74, 6) is -0.660. The number of rotatable bonds is 5. The Hall–Kier alpha value is -3.77. The van der Waals surface area contributed by atoms with Crippen molar-refractivity contribution in [1.29, 1.82) is 0 Å². The van der Waals surface area contributed by atoms with Crippen molar-refractivity contribution in [2.45, 2.75) is 17.7 Å². The van der Waals surface area contributed by atoms with Gasteiger partial charge >= 0.3 is 6.03 Å². The number of hydrogen-bond acceptors (Lipinski definition) is 7. The van der Waals surface area contributed by atoms with E-state index in [4.69, 9.17) is 5.14 Å². The van der Waals surface area contributed by atoms with Crippen molar-refractivity contribution in [1.82, 2.24) is 15.3 Å². The van der Waals surface area contributed by atoms with E-state index in [0.717, 1.165) is 30.3 Å². The number of hydrogen-bond donors (Lipinski definition) is 4. The maximum atomic E-state index is 14.4. The van der Waals surface area contributed by atoms with Gasteiger partial charge in [0.15, 0.2) is 11.6 Å². The number of carbonyl (C=O) groups is 1. The van der Waals surface area contributed by atoms with Crippen LogP contribution in [-0.2, 0) is 16.4 Å². The topological polar surface area (TPSA) is 142 Å². The maximum absolute atomic E-state index is 14.4. The summed E-state index contributed by atoms with van der Waals surface area (Å²) in [6.45, 7) is 0.627. The molecule has 2 heterocycles. The lowest BCUT2D eigenvalue weighted by atomic mass is 10.0. The van der Waals surface area contributed by atoms with Crippen LogP contribution in [0, 0.1) is 5.82 Å². The molecular formula is C21H22FN7O3S. The maximum Gasteiger partial charge on any atom is 0.321 e. The summed E-state index contributed by atoms with van der Waals surface area (Å²) in [5.41, 5.74) is 2.75. The number of carbonyl (C=O) groups excluding carboxylic acids is 1. The van der Waals surface area contributed by atoms with Gasteiger partial charge in [0.2, 0.25) is 16.0 Å². The van der Waals surface area contributed by atoms with E-state index in [2.05, 4.69) is 25.9 Å². The lowest BCUT2D eigenvalue weighted by Gasteiger charge is -2.29. The molecule has 12 heteroatoms. The molecule has 3 aromatic rings. The molecule has 0 radical (unpaired) electrons. The number of halogens is 1. The molecule has 1 aliphatic rings. The highest BCUT2D eigenvalue weighted by molar-refractivity contribution is 7.89. The van der Waals surface area contributed by atoms with E-state index in [1.807, 2.05) is 12.1 Å². The van der Waals surface area contributed by atoms with Gasteiger partial charge in [-0.25, -0.2) is 27.7 Å². The highest BCUT2D eigenvalue weighted by Gasteiger charge is 2.22. The summed E-state index contributed by atoms with van der Waals surface area (Å²) in [5, 5.41) is 13.6. The van der Waals surface area contributed by atoms with Crippen LogP contribution in [-0.4, -0.2) is 38.0 Å². The first-order valence-electron chi connectivity index (χ1n) is 10.1. The second-order valence-electron chi connectivity index (χ2n) is 7.37. The van der Waals surface area contributed by atoms with Crippen LogP contribution in [0.5, 0.6) is 0 Å². The Morgan fingerprint density at radius 3 is 2.70 bits per heavy atom. The number of nitrogens with one attached hydrogen (secondary N) is 3. The second-order valence-corrected chi connectivity index (χ2v) is 8.93. The monoisotopic (exact) mass is 471 g/mol. The van der Waals surface area contributed by atoms with Crippen molar-refractivity contribution in [3.8, 4) is 0 Å². The Kier molecular flexibility index (Phi) is 6.11. The van der Waals surface area contributed by atoms with Gasteiger partial charge in [-0.15, -0.1) is 0 Å². The molecule has 33 heavy (non-hydrogen) atoms. The molecule has 10 nitrogen and oxygen atoms in total. The van der Waals surface area contributed by atoms with Gasteiger partial charge in [0.05, 0.1) is 11.1 Å². The van der Waals surface area contributed by atoms with Gasteiger partial charge in [-0.05, 0) is 54.8 Å². The third-order valence-corrected chi connectivity index (χ3v) is 5.99.